The number of thiocarbonyl (C=S) groups is 1. The molecule has 0 unspecified atom stereocenters. The highest BCUT2D eigenvalue weighted by atomic mass is 32.1. The van der Waals surface area contributed by atoms with Crippen LogP contribution in [0.2, 0.25) is 0 Å². The molecule has 0 amide bonds. The Morgan fingerprint density at radius 1 is 1.27 bits per heavy atom. The molecule has 1 aromatic heterocycles. The van der Waals surface area contributed by atoms with Crippen molar-refractivity contribution < 1.29 is 4.79 Å². The number of carbonyl (C=O) groups excluding carboxylic acids is 1. The van der Waals surface area contributed by atoms with Crippen molar-refractivity contribution in [3.63, 3.8) is 0 Å². The van der Waals surface area contributed by atoms with Gasteiger partial charge < -0.3 is 10.6 Å². The molecule has 0 atom stereocenters. The Kier molecular flexibility index (Phi) is 4.49. The van der Waals surface area contributed by atoms with E-state index in [1.54, 1.807) is 30.4 Å². The van der Waals surface area contributed by atoms with E-state index in [2.05, 4.69) is 15.6 Å². The molecule has 0 bridgehead atoms. The molecule has 6 heteroatoms. The second-order valence-electron chi connectivity index (χ2n) is 5.31. The summed E-state index contributed by atoms with van der Waals surface area (Å²) in [6.45, 7) is 1.55. The second-order valence-corrected chi connectivity index (χ2v) is 6.80. The first-order chi connectivity index (χ1) is 10.6. The van der Waals surface area contributed by atoms with Crippen LogP contribution in [-0.4, -0.2) is 15.9 Å². The summed E-state index contributed by atoms with van der Waals surface area (Å²) in [7, 11) is 0. The van der Waals surface area contributed by atoms with Gasteiger partial charge in [-0.1, -0.05) is 12.1 Å². The lowest BCUT2D eigenvalue weighted by Crippen LogP contribution is -2.19. The molecule has 0 spiro atoms. The molecule has 2 aromatic rings. The van der Waals surface area contributed by atoms with Gasteiger partial charge in [-0.2, -0.15) is 0 Å². The lowest BCUT2D eigenvalue weighted by Gasteiger charge is -2.09. The Balaban J connectivity index is 1.66. The smallest absolute Gasteiger partial charge is 0.189 e. The first-order valence-corrected chi connectivity index (χ1v) is 8.52. The van der Waals surface area contributed by atoms with E-state index in [0.29, 0.717) is 10.7 Å². The summed E-state index contributed by atoms with van der Waals surface area (Å²) in [4.78, 5) is 17.4. The van der Waals surface area contributed by atoms with Gasteiger partial charge in [-0.3, -0.25) is 4.79 Å². The highest BCUT2D eigenvalue weighted by Gasteiger charge is 2.15. The number of fused-ring (bicyclic) bond motifs is 1. The van der Waals surface area contributed by atoms with E-state index in [1.165, 1.54) is 23.4 Å². The number of anilines is 2. The van der Waals surface area contributed by atoms with Gasteiger partial charge in [0.15, 0.2) is 16.0 Å². The van der Waals surface area contributed by atoms with Crippen LogP contribution in [0.3, 0.4) is 0 Å². The zero-order valence-corrected chi connectivity index (χ0v) is 13.9. The van der Waals surface area contributed by atoms with Crippen LogP contribution < -0.4 is 10.6 Å². The standard InChI is InChI=1S/C16H17N3OS2/c1-10(20)11-5-4-6-12(9-11)17-15(21)19-16-18-13-7-2-3-8-14(13)22-16/h4-6,9H,2-3,7-8H2,1H3,(H2,17,18,19,21). The minimum Gasteiger partial charge on any atom is -0.332 e. The van der Waals surface area contributed by atoms with Crippen LogP contribution >= 0.6 is 23.6 Å². The highest BCUT2D eigenvalue weighted by molar-refractivity contribution is 7.80. The molecular weight excluding hydrogens is 314 g/mol. The Bertz CT molecular complexity index is 700. The van der Waals surface area contributed by atoms with Crippen molar-refractivity contribution in [3.05, 3.63) is 40.4 Å². The van der Waals surface area contributed by atoms with Crippen LogP contribution in [0.5, 0.6) is 0 Å². The van der Waals surface area contributed by atoms with Crippen molar-refractivity contribution in [1.29, 1.82) is 0 Å². The van der Waals surface area contributed by atoms with Gasteiger partial charge in [0.1, 0.15) is 0 Å². The topological polar surface area (TPSA) is 54.0 Å². The summed E-state index contributed by atoms with van der Waals surface area (Å²) in [5.41, 5.74) is 2.67. The SMILES string of the molecule is CC(=O)c1cccc(NC(=S)Nc2nc3c(s2)CCCC3)c1. The lowest BCUT2D eigenvalue weighted by molar-refractivity contribution is 0.101. The normalized spacial score (nSPS) is 13.3. The fraction of sp³-hybridized carbons (Fsp3) is 0.312. The third-order valence-corrected chi connectivity index (χ3v) is 4.87. The highest BCUT2D eigenvalue weighted by Crippen LogP contribution is 2.29. The summed E-state index contributed by atoms with van der Waals surface area (Å²) in [5.74, 6) is 0.0372. The summed E-state index contributed by atoms with van der Waals surface area (Å²) >= 11 is 7.01. The first kappa shape index (κ1) is 15.1. The fourth-order valence-corrected chi connectivity index (χ4v) is 3.81. The number of hydrogen-bond donors (Lipinski definition) is 2. The fourth-order valence-electron chi connectivity index (χ4n) is 2.48. The van der Waals surface area contributed by atoms with Crippen molar-refractivity contribution in [2.45, 2.75) is 32.6 Å². The van der Waals surface area contributed by atoms with Gasteiger partial charge in [0, 0.05) is 16.1 Å². The molecule has 2 N–H and O–H groups in total. The Morgan fingerprint density at radius 3 is 2.86 bits per heavy atom. The van der Waals surface area contributed by atoms with Gasteiger partial charge >= 0.3 is 0 Å². The lowest BCUT2D eigenvalue weighted by atomic mass is 10.0. The molecule has 22 heavy (non-hydrogen) atoms. The van der Waals surface area contributed by atoms with Gasteiger partial charge in [-0.05, 0) is 57.0 Å². The Hall–Kier alpha value is -1.79. The molecule has 0 aliphatic heterocycles. The molecule has 0 saturated carbocycles. The van der Waals surface area contributed by atoms with Crippen molar-refractivity contribution in [3.8, 4) is 0 Å². The van der Waals surface area contributed by atoms with E-state index in [9.17, 15) is 4.79 Å². The molecule has 1 aromatic carbocycles. The van der Waals surface area contributed by atoms with E-state index in [4.69, 9.17) is 12.2 Å². The first-order valence-electron chi connectivity index (χ1n) is 7.29. The number of aromatic nitrogens is 1. The van der Waals surface area contributed by atoms with Crippen LogP contribution in [0.25, 0.3) is 0 Å². The van der Waals surface area contributed by atoms with Gasteiger partial charge in [0.05, 0.1) is 5.69 Å². The molecule has 0 radical (unpaired) electrons. The number of thiazole rings is 1. The molecule has 1 heterocycles. The molecule has 4 nitrogen and oxygen atoms in total. The monoisotopic (exact) mass is 331 g/mol. The number of carbonyl (C=O) groups is 1. The third kappa shape index (κ3) is 3.51. The predicted octanol–water partition coefficient (Wildman–Crippen LogP) is 4.03. The minimum absolute atomic E-state index is 0.0372. The van der Waals surface area contributed by atoms with Crippen molar-refractivity contribution >= 4 is 45.3 Å². The summed E-state index contributed by atoms with van der Waals surface area (Å²) in [6, 6.07) is 7.30. The number of aryl methyl sites for hydroxylation is 2. The molecule has 114 valence electrons. The number of rotatable bonds is 3. The molecule has 0 saturated heterocycles. The Morgan fingerprint density at radius 2 is 2.09 bits per heavy atom. The average molecular weight is 331 g/mol. The maximum absolute atomic E-state index is 11.4. The summed E-state index contributed by atoms with van der Waals surface area (Å²) in [6.07, 6.45) is 4.65. The average Bonchev–Trinajstić information content (AvgIpc) is 2.89. The van der Waals surface area contributed by atoms with Crippen molar-refractivity contribution in [1.82, 2.24) is 4.98 Å². The molecule has 3 rings (SSSR count). The van der Waals surface area contributed by atoms with E-state index < -0.39 is 0 Å². The zero-order chi connectivity index (χ0) is 15.5. The maximum atomic E-state index is 11.4. The number of nitrogens with one attached hydrogen (secondary N) is 2. The minimum atomic E-state index is 0.0372. The molecule has 1 aliphatic carbocycles. The van der Waals surface area contributed by atoms with Gasteiger partial charge in [-0.15, -0.1) is 11.3 Å². The van der Waals surface area contributed by atoms with Gasteiger partial charge in [0.2, 0.25) is 0 Å². The quantitative estimate of drug-likeness (QED) is 0.657. The molecule has 0 fully saturated rings. The van der Waals surface area contributed by atoms with E-state index in [-0.39, 0.29) is 5.78 Å². The maximum Gasteiger partial charge on any atom is 0.189 e. The third-order valence-electron chi connectivity index (χ3n) is 3.59. The van der Waals surface area contributed by atoms with Crippen molar-refractivity contribution in [2.75, 3.05) is 10.6 Å². The number of Topliss-reactive ketones (excluding diaryl/α,β-unsaturated/α-hetero) is 1. The van der Waals surface area contributed by atoms with E-state index in [1.807, 2.05) is 12.1 Å². The van der Waals surface area contributed by atoms with E-state index >= 15 is 0 Å². The predicted molar refractivity (Wildman–Crippen MR) is 95.0 cm³/mol. The molecule has 1 aliphatic rings. The van der Waals surface area contributed by atoms with Crippen LogP contribution in [0.1, 0.15) is 40.7 Å². The number of hydrogen-bond acceptors (Lipinski definition) is 4. The second kappa shape index (κ2) is 6.54. The van der Waals surface area contributed by atoms with Gasteiger partial charge in [0.25, 0.3) is 0 Å². The van der Waals surface area contributed by atoms with Crippen LogP contribution in [-0.2, 0) is 12.8 Å². The summed E-state index contributed by atoms with van der Waals surface area (Å²) < 4.78 is 0. The van der Waals surface area contributed by atoms with Crippen LogP contribution in [0, 0.1) is 0 Å². The van der Waals surface area contributed by atoms with Crippen LogP contribution in [0.15, 0.2) is 24.3 Å². The number of benzene rings is 1. The Labute approximate surface area is 139 Å². The number of nitrogens with zero attached hydrogens (tertiary/aromatic N) is 1. The molecular formula is C16H17N3OS2. The van der Waals surface area contributed by atoms with Crippen LogP contribution in [0.4, 0.5) is 10.8 Å². The number of ketones is 1. The van der Waals surface area contributed by atoms with Gasteiger partial charge in [-0.25, -0.2) is 4.98 Å². The van der Waals surface area contributed by atoms with Crippen molar-refractivity contribution in [2.24, 2.45) is 0 Å². The largest absolute Gasteiger partial charge is 0.332 e. The summed E-state index contributed by atoms with van der Waals surface area (Å²) in [5, 5.41) is 7.57. The van der Waals surface area contributed by atoms with E-state index in [0.717, 1.165) is 23.7 Å². The zero-order valence-electron chi connectivity index (χ0n) is 12.3.